The number of hydrogen-bond acceptors (Lipinski definition) is 10. The summed E-state index contributed by atoms with van der Waals surface area (Å²) in [5.41, 5.74) is 0. The van der Waals surface area contributed by atoms with Gasteiger partial charge in [-0.05, 0) is 0 Å². The summed E-state index contributed by atoms with van der Waals surface area (Å²) in [7, 11) is -16.3. The molecule has 0 aromatic rings. The van der Waals surface area contributed by atoms with E-state index >= 15 is 0 Å². The van der Waals surface area contributed by atoms with E-state index in [4.69, 9.17) is 29.4 Å². The molecule has 4 unspecified atom stereocenters. The predicted molar refractivity (Wildman–Crippen MR) is 73.8 cm³/mol. The SMILES string of the molecule is N.O=P(O)(O)OC1C(O)C(O)C(O)C(OP(=O)(O)O)C1OP(=O)(O)O. The molecule has 152 valence electrons. The quantitative estimate of drug-likeness (QED) is 0.182. The van der Waals surface area contributed by atoms with Crippen LogP contribution >= 0.6 is 23.5 Å². The average Bonchev–Trinajstić information content (AvgIpc) is 2.32. The minimum atomic E-state index is -5.48. The van der Waals surface area contributed by atoms with Gasteiger partial charge in [0.15, 0.2) is 0 Å². The lowest BCUT2D eigenvalue weighted by atomic mass is 9.85. The van der Waals surface area contributed by atoms with Crippen LogP contribution in [-0.4, -0.2) is 81.3 Å². The normalized spacial score (nSPS) is 34.4. The van der Waals surface area contributed by atoms with Crippen LogP contribution < -0.4 is 6.15 Å². The van der Waals surface area contributed by atoms with E-state index in [1.807, 2.05) is 0 Å². The Morgan fingerprint density at radius 3 is 1.00 bits per heavy atom. The molecular weight excluding hydrogens is 419 g/mol. The lowest BCUT2D eigenvalue weighted by Gasteiger charge is -2.44. The highest BCUT2D eigenvalue weighted by Crippen LogP contribution is 2.50. The Morgan fingerprint density at radius 2 is 0.760 bits per heavy atom. The van der Waals surface area contributed by atoms with Crippen LogP contribution in [0.25, 0.3) is 0 Å². The molecule has 1 saturated carbocycles. The lowest BCUT2D eigenvalue weighted by Crippen LogP contribution is -2.65. The fourth-order valence-electron chi connectivity index (χ4n) is 2.01. The van der Waals surface area contributed by atoms with Gasteiger partial charge < -0.3 is 50.8 Å². The van der Waals surface area contributed by atoms with E-state index in [1.54, 1.807) is 0 Å². The highest BCUT2D eigenvalue weighted by Gasteiger charge is 2.56. The second-order valence-corrected chi connectivity index (χ2v) is 8.23. The maximum absolute atomic E-state index is 11.0. The van der Waals surface area contributed by atoms with Gasteiger partial charge >= 0.3 is 23.5 Å². The van der Waals surface area contributed by atoms with Crippen molar-refractivity contribution < 1.29 is 71.9 Å². The molecule has 1 fully saturated rings. The fourth-order valence-corrected chi connectivity index (χ4v) is 3.69. The number of phosphoric ester groups is 3. The number of hydrogen-bond donors (Lipinski definition) is 10. The zero-order chi connectivity index (χ0) is 19.1. The summed E-state index contributed by atoms with van der Waals surface area (Å²) in [6.07, 6.45) is -14.3. The molecule has 0 saturated heterocycles. The molecule has 0 radical (unpaired) electrons. The van der Waals surface area contributed by atoms with Crippen LogP contribution in [0, 0.1) is 0 Å². The summed E-state index contributed by atoms with van der Waals surface area (Å²) in [4.78, 5) is 52.7. The zero-order valence-electron chi connectivity index (χ0n) is 12.0. The van der Waals surface area contributed by atoms with Crippen molar-refractivity contribution in [3.8, 4) is 0 Å². The van der Waals surface area contributed by atoms with Crippen LogP contribution in [0.2, 0.25) is 0 Å². The maximum atomic E-state index is 11.0. The van der Waals surface area contributed by atoms with Gasteiger partial charge in [-0.1, -0.05) is 0 Å². The second-order valence-electron chi connectivity index (χ2n) is 4.65. The van der Waals surface area contributed by atoms with Crippen molar-refractivity contribution in [3.05, 3.63) is 0 Å². The third-order valence-electron chi connectivity index (χ3n) is 2.80. The van der Waals surface area contributed by atoms with E-state index in [0.717, 1.165) is 0 Å². The van der Waals surface area contributed by atoms with Crippen LogP contribution in [0.3, 0.4) is 0 Å². The standard InChI is InChI=1S/C6H15O15P3.H3N/c7-1-2(8)4(19-22(10,11)12)6(21-24(16,17)18)5(3(1)9)20-23(13,14)15;/h1-9H,(H2,10,11,12)(H2,13,14,15)(H2,16,17,18);1H3. The number of aliphatic hydroxyl groups is 3. The Morgan fingerprint density at radius 1 is 0.520 bits per heavy atom. The molecule has 0 aromatic carbocycles. The van der Waals surface area contributed by atoms with Crippen LogP contribution in [0.4, 0.5) is 0 Å². The molecular formula is C6H18NO15P3. The van der Waals surface area contributed by atoms with Gasteiger partial charge in [-0.15, -0.1) is 0 Å². The number of rotatable bonds is 6. The van der Waals surface area contributed by atoms with E-state index in [-0.39, 0.29) is 6.15 Å². The topological polar surface area (TPSA) is 296 Å². The summed E-state index contributed by atoms with van der Waals surface area (Å²) >= 11 is 0. The highest BCUT2D eigenvalue weighted by molar-refractivity contribution is 7.47. The molecule has 0 spiro atoms. The van der Waals surface area contributed by atoms with Crippen molar-refractivity contribution in [3.63, 3.8) is 0 Å². The van der Waals surface area contributed by atoms with Crippen molar-refractivity contribution in [2.45, 2.75) is 36.6 Å². The molecule has 1 aliphatic rings. The smallest absolute Gasteiger partial charge is 0.387 e. The van der Waals surface area contributed by atoms with Crippen molar-refractivity contribution in [2.24, 2.45) is 0 Å². The van der Waals surface area contributed by atoms with Crippen molar-refractivity contribution >= 4 is 23.5 Å². The molecule has 0 bridgehead atoms. The Balaban J connectivity index is 0.00000576. The Bertz CT molecular complexity index is 542. The van der Waals surface area contributed by atoms with Gasteiger partial charge in [-0.25, -0.2) is 13.7 Å². The highest BCUT2D eigenvalue weighted by atomic mass is 31.2. The number of phosphoric acid groups is 3. The Labute approximate surface area is 139 Å². The van der Waals surface area contributed by atoms with E-state index in [9.17, 15) is 29.0 Å². The van der Waals surface area contributed by atoms with Gasteiger partial charge in [0.25, 0.3) is 0 Å². The summed E-state index contributed by atoms with van der Waals surface area (Å²) in [5.74, 6) is 0. The third kappa shape index (κ3) is 7.74. The monoisotopic (exact) mass is 437 g/mol. The van der Waals surface area contributed by atoms with E-state index in [2.05, 4.69) is 13.6 Å². The van der Waals surface area contributed by atoms with Crippen LogP contribution in [0.1, 0.15) is 0 Å². The minimum Gasteiger partial charge on any atom is -0.387 e. The largest absolute Gasteiger partial charge is 0.470 e. The first-order valence-corrected chi connectivity index (χ1v) is 10.4. The fraction of sp³-hybridized carbons (Fsp3) is 1.00. The van der Waals surface area contributed by atoms with Crippen LogP contribution in [0.5, 0.6) is 0 Å². The molecule has 1 aliphatic carbocycles. The first kappa shape index (κ1) is 25.2. The first-order valence-electron chi connectivity index (χ1n) is 5.78. The Hall–Kier alpha value is 0.170. The molecule has 0 aliphatic heterocycles. The van der Waals surface area contributed by atoms with E-state index in [1.165, 1.54) is 0 Å². The maximum Gasteiger partial charge on any atom is 0.470 e. The number of aliphatic hydroxyl groups excluding tert-OH is 3. The lowest BCUT2D eigenvalue weighted by molar-refractivity contribution is -0.212. The summed E-state index contributed by atoms with van der Waals surface area (Å²) < 4.78 is 45.0. The molecule has 19 heteroatoms. The molecule has 12 N–H and O–H groups in total. The molecule has 25 heavy (non-hydrogen) atoms. The average molecular weight is 437 g/mol. The van der Waals surface area contributed by atoms with Gasteiger partial charge in [0, 0.05) is 0 Å². The molecule has 0 amide bonds. The summed E-state index contributed by atoms with van der Waals surface area (Å²) in [6, 6.07) is 0. The molecule has 0 aromatic heterocycles. The zero-order valence-corrected chi connectivity index (χ0v) is 14.7. The Kier molecular flexibility index (Phi) is 8.51. The molecule has 0 heterocycles. The molecule has 16 nitrogen and oxygen atoms in total. The van der Waals surface area contributed by atoms with Gasteiger partial charge in [0.2, 0.25) is 0 Å². The summed E-state index contributed by atoms with van der Waals surface area (Å²) in [5, 5.41) is 29.0. The summed E-state index contributed by atoms with van der Waals surface area (Å²) in [6.45, 7) is 0. The van der Waals surface area contributed by atoms with Gasteiger partial charge in [-0.3, -0.25) is 13.6 Å². The first-order chi connectivity index (χ1) is 10.5. The van der Waals surface area contributed by atoms with Crippen molar-refractivity contribution in [1.82, 2.24) is 6.15 Å². The van der Waals surface area contributed by atoms with E-state index < -0.39 is 60.1 Å². The predicted octanol–water partition coefficient (Wildman–Crippen LogP) is -3.32. The van der Waals surface area contributed by atoms with Crippen molar-refractivity contribution in [2.75, 3.05) is 0 Å². The van der Waals surface area contributed by atoms with E-state index in [0.29, 0.717) is 0 Å². The minimum absolute atomic E-state index is 0. The van der Waals surface area contributed by atoms with Gasteiger partial charge in [0.1, 0.15) is 36.6 Å². The van der Waals surface area contributed by atoms with Crippen molar-refractivity contribution in [1.29, 1.82) is 0 Å². The third-order valence-corrected chi connectivity index (χ3v) is 4.35. The molecule has 4 atom stereocenters. The van der Waals surface area contributed by atoms with Gasteiger partial charge in [0.05, 0.1) is 0 Å². The second kappa shape index (κ2) is 8.46. The van der Waals surface area contributed by atoms with Crippen LogP contribution in [-0.2, 0) is 27.3 Å². The molecule has 1 rings (SSSR count). The van der Waals surface area contributed by atoms with Crippen LogP contribution in [0.15, 0.2) is 0 Å². The van der Waals surface area contributed by atoms with Gasteiger partial charge in [-0.2, -0.15) is 0 Å².